The molecule has 0 aromatic rings. The topological polar surface area (TPSA) is 35.2 Å². The van der Waals surface area contributed by atoms with Gasteiger partial charge in [0.25, 0.3) is 0 Å². The summed E-state index contributed by atoms with van der Waals surface area (Å²) in [5, 5.41) is 0. The predicted molar refractivity (Wildman–Crippen MR) is 37.1 cm³/mol. The van der Waals surface area contributed by atoms with Crippen LogP contribution in [0.15, 0.2) is 12.2 Å². The maximum atomic E-state index is 5.54. The van der Waals surface area contributed by atoms with Crippen molar-refractivity contribution in [1.82, 2.24) is 0 Å². The Morgan fingerprint density at radius 3 is 2.89 bits per heavy atom. The van der Waals surface area contributed by atoms with E-state index in [1.807, 2.05) is 12.2 Å². The minimum absolute atomic E-state index is 0.118. The molecule has 0 aromatic heterocycles. The fourth-order valence-electron chi connectivity index (χ4n) is 0.866. The van der Waals surface area contributed by atoms with E-state index in [0.717, 1.165) is 6.42 Å². The molecule has 0 saturated carbocycles. The highest BCUT2D eigenvalue weighted by Gasteiger charge is 2.09. The van der Waals surface area contributed by atoms with Crippen molar-refractivity contribution in [2.45, 2.75) is 25.5 Å². The molecule has 2 heteroatoms. The summed E-state index contributed by atoms with van der Waals surface area (Å²) >= 11 is 0. The van der Waals surface area contributed by atoms with Gasteiger partial charge < -0.3 is 10.5 Å². The van der Waals surface area contributed by atoms with Gasteiger partial charge in [-0.05, 0) is 6.42 Å². The normalized spacial score (nSPS) is 34.9. The highest BCUT2D eigenvalue weighted by molar-refractivity contribution is 4.99. The van der Waals surface area contributed by atoms with Crippen molar-refractivity contribution < 1.29 is 4.74 Å². The Morgan fingerprint density at radius 1 is 1.67 bits per heavy atom. The van der Waals surface area contributed by atoms with Gasteiger partial charge in [-0.1, -0.05) is 19.1 Å². The fraction of sp³-hybridized carbons (Fsp3) is 0.714. The second-order valence-electron chi connectivity index (χ2n) is 2.33. The second kappa shape index (κ2) is 2.99. The number of hydrogen-bond acceptors (Lipinski definition) is 2. The van der Waals surface area contributed by atoms with E-state index in [9.17, 15) is 0 Å². The summed E-state index contributed by atoms with van der Waals surface area (Å²) in [5.74, 6) is 0. The van der Waals surface area contributed by atoms with Crippen molar-refractivity contribution >= 4 is 0 Å². The zero-order chi connectivity index (χ0) is 6.69. The Labute approximate surface area is 55.7 Å². The molecule has 1 aliphatic rings. The van der Waals surface area contributed by atoms with Crippen molar-refractivity contribution in [3.8, 4) is 0 Å². The minimum Gasteiger partial charge on any atom is -0.372 e. The van der Waals surface area contributed by atoms with Gasteiger partial charge in [0.05, 0.1) is 12.7 Å². The second-order valence-corrected chi connectivity index (χ2v) is 2.33. The Hall–Kier alpha value is -0.340. The largest absolute Gasteiger partial charge is 0.372 e. The third-order valence-electron chi connectivity index (χ3n) is 1.48. The molecular weight excluding hydrogens is 114 g/mol. The number of ether oxygens (including phenoxy) is 1. The van der Waals surface area contributed by atoms with E-state index < -0.39 is 0 Å². The van der Waals surface area contributed by atoms with Gasteiger partial charge in [-0.25, -0.2) is 0 Å². The third-order valence-corrected chi connectivity index (χ3v) is 1.48. The van der Waals surface area contributed by atoms with Crippen molar-refractivity contribution in [3.05, 3.63) is 12.2 Å². The highest BCUT2D eigenvalue weighted by atomic mass is 16.5. The molecule has 0 fully saturated rings. The smallest absolute Gasteiger partial charge is 0.0754 e. The molecule has 0 aromatic carbocycles. The molecule has 9 heavy (non-hydrogen) atoms. The van der Waals surface area contributed by atoms with Crippen molar-refractivity contribution in [1.29, 1.82) is 0 Å². The quantitative estimate of drug-likeness (QED) is 0.526. The summed E-state index contributed by atoms with van der Waals surface area (Å²) in [6, 6.07) is 0.118. The Bertz CT molecular complexity index is 111. The van der Waals surface area contributed by atoms with Crippen LogP contribution in [-0.4, -0.2) is 18.8 Å². The summed E-state index contributed by atoms with van der Waals surface area (Å²) in [5.41, 5.74) is 5.54. The Kier molecular flexibility index (Phi) is 2.25. The molecule has 52 valence electrons. The van der Waals surface area contributed by atoms with Gasteiger partial charge in [-0.15, -0.1) is 0 Å². The molecule has 0 spiro atoms. The predicted octanol–water partition coefficient (Wildman–Crippen LogP) is 0.679. The van der Waals surface area contributed by atoms with E-state index in [1.54, 1.807) is 0 Å². The van der Waals surface area contributed by atoms with E-state index in [1.165, 1.54) is 0 Å². The molecule has 0 aliphatic carbocycles. The van der Waals surface area contributed by atoms with E-state index in [0.29, 0.717) is 12.7 Å². The van der Waals surface area contributed by atoms with E-state index in [2.05, 4.69) is 6.92 Å². The first kappa shape index (κ1) is 6.78. The van der Waals surface area contributed by atoms with Crippen LogP contribution in [0.1, 0.15) is 13.3 Å². The van der Waals surface area contributed by atoms with Crippen LogP contribution in [0.2, 0.25) is 0 Å². The minimum atomic E-state index is 0.118. The summed E-state index contributed by atoms with van der Waals surface area (Å²) < 4.78 is 5.33. The van der Waals surface area contributed by atoms with Crippen molar-refractivity contribution in [3.63, 3.8) is 0 Å². The Morgan fingerprint density at radius 2 is 2.44 bits per heavy atom. The van der Waals surface area contributed by atoms with Crippen LogP contribution in [0.3, 0.4) is 0 Å². The molecule has 0 radical (unpaired) electrons. The molecule has 0 amide bonds. The first-order chi connectivity index (χ1) is 4.33. The van der Waals surface area contributed by atoms with Crippen LogP contribution >= 0.6 is 0 Å². The van der Waals surface area contributed by atoms with E-state index >= 15 is 0 Å². The summed E-state index contributed by atoms with van der Waals surface area (Å²) in [4.78, 5) is 0. The van der Waals surface area contributed by atoms with Crippen LogP contribution in [-0.2, 0) is 4.74 Å². The molecule has 1 heterocycles. The summed E-state index contributed by atoms with van der Waals surface area (Å²) in [7, 11) is 0. The van der Waals surface area contributed by atoms with E-state index in [4.69, 9.17) is 10.5 Å². The molecule has 0 bridgehead atoms. The Balaban J connectivity index is 2.38. The highest BCUT2D eigenvalue weighted by Crippen LogP contribution is 2.06. The summed E-state index contributed by atoms with van der Waals surface area (Å²) in [6.07, 6.45) is 5.40. The lowest BCUT2D eigenvalue weighted by Crippen LogP contribution is -2.30. The fourth-order valence-corrected chi connectivity index (χ4v) is 0.866. The lowest BCUT2D eigenvalue weighted by atomic mass is 10.1. The maximum Gasteiger partial charge on any atom is 0.0754 e. The SMILES string of the molecule is CC[C@@H]1C=C[C@@H](N)CO1. The van der Waals surface area contributed by atoms with E-state index in [-0.39, 0.29) is 6.04 Å². The lowest BCUT2D eigenvalue weighted by molar-refractivity contribution is 0.0694. The first-order valence-electron chi connectivity index (χ1n) is 3.38. The molecule has 2 atom stereocenters. The van der Waals surface area contributed by atoms with Gasteiger partial charge in [-0.2, -0.15) is 0 Å². The first-order valence-corrected chi connectivity index (χ1v) is 3.38. The standard InChI is InChI=1S/C7H13NO/c1-2-7-4-3-6(8)5-9-7/h3-4,6-7H,2,5,8H2,1H3/t6-,7-/m1/s1. The van der Waals surface area contributed by atoms with Gasteiger partial charge >= 0.3 is 0 Å². The number of hydrogen-bond donors (Lipinski definition) is 1. The maximum absolute atomic E-state index is 5.54. The van der Waals surface area contributed by atoms with Crippen LogP contribution in [0.5, 0.6) is 0 Å². The molecule has 1 aliphatic heterocycles. The molecule has 1 rings (SSSR count). The molecular formula is C7H13NO. The molecule has 2 nitrogen and oxygen atoms in total. The monoisotopic (exact) mass is 127 g/mol. The van der Waals surface area contributed by atoms with Crippen molar-refractivity contribution in [2.75, 3.05) is 6.61 Å². The van der Waals surface area contributed by atoms with Gasteiger partial charge in [0.1, 0.15) is 0 Å². The van der Waals surface area contributed by atoms with Crippen LogP contribution in [0, 0.1) is 0 Å². The van der Waals surface area contributed by atoms with Gasteiger partial charge in [-0.3, -0.25) is 0 Å². The van der Waals surface area contributed by atoms with Crippen molar-refractivity contribution in [2.24, 2.45) is 5.73 Å². The summed E-state index contributed by atoms with van der Waals surface area (Å²) in [6.45, 7) is 2.78. The third kappa shape index (κ3) is 1.80. The van der Waals surface area contributed by atoms with Gasteiger partial charge in [0.2, 0.25) is 0 Å². The lowest BCUT2D eigenvalue weighted by Gasteiger charge is -2.19. The molecule has 2 N–H and O–H groups in total. The average Bonchev–Trinajstić information content (AvgIpc) is 1.90. The zero-order valence-corrected chi connectivity index (χ0v) is 5.71. The van der Waals surface area contributed by atoms with Gasteiger partial charge in [0, 0.05) is 6.04 Å². The number of rotatable bonds is 1. The van der Waals surface area contributed by atoms with Gasteiger partial charge in [0.15, 0.2) is 0 Å². The van der Waals surface area contributed by atoms with Crippen LogP contribution in [0.25, 0.3) is 0 Å². The molecule has 0 unspecified atom stereocenters. The molecule has 0 saturated heterocycles. The zero-order valence-electron chi connectivity index (χ0n) is 5.71. The number of nitrogens with two attached hydrogens (primary N) is 1. The van der Waals surface area contributed by atoms with Crippen LogP contribution in [0.4, 0.5) is 0 Å². The van der Waals surface area contributed by atoms with Crippen LogP contribution < -0.4 is 5.73 Å². The average molecular weight is 127 g/mol.